The molecule has 55 heavy (non-hydrogen) atoms. The molecule has 4 saturated heterocycles. The molecule has 1 unspecified atom stereocenters. The molecule has 0 aliphatic carbocycles. The first kappa shape index (κ1) is 35.6. The zero-order valence-electron chi connectivity index (χ0n) is 31.3. The molecular formula is C41H49N9O5. The number of aromatic nitrogens is 2. The number of carbonyl (C=O) groups excluding carboxylic acids is 4. The molecule has 4 atom stereocenters. The maximum atomic E-state index is 13.4. The number of piperazine rings is 1. The molecule has 6 aliphatic rings. The van der Waals surface area contributed by atoms with Crippen LogP contribution in [0.3, 0.4) is 0 Å². The summed E-state index contributed by atoms with van der Waals surface area (Å²) in [6.07, 6.45) is 4.83. The van der Waals surface area contributed by atoms with Gasteiger partial charge in [0.2, 0.25) is 11.8 Å². The highest BCUT2D eigenvalue weighted by Crippen LogP contribution is 2.37. The number of benzene rings is 2. The Labute approximate surface area is 320 Å². The fourth-order valence-electron chi connectivity index (χ4n) is 9.88. The highest BCUT2D eigenvalue weighted by Gasteiger charge is 2.45. The van der Waals surface area contributed by atoms with Crippen LogP contribution in [0.2, 0.25) is 0 Å². The zero-order chi connectivity index (χ0) is 37.8. The van der Waals surface area contributed by atoms with Gasteiger partial charge in [-0.2, -0.15) is 0 Å². The highest BCUT2D eigenvalue weighted by molar-refractivity contribution is 6.23. The lowest BCUT2D eigenvalue weighted by Gasteiger charge is -2.47. The van der Waals surface area contributed by atoms with Crippen LogP contribution in [0.4, 0.5) is 17.2 Å². The molecule has 1 aromatic heterocycles. The van der Waals surface area contributed by atoms with E-state index in [0.717, 1.165) is 93.8 Å². The zero-order valence-corrected chi connectivity index (χ0v) is 31.3. The number of amides is 4. The molecular weight excluding hydrogens is 699 g/mol. The number of anilines is 3. The number of nitrogens with zero attached hydrogens (tertiary/aromatic N) is 7. The number of imide groups is 2. The molecule has 14 heteroatoms. The minimum Gasteiger partial charge on any atom is -0.507 e. The van der Waals surface area contributed by atoms with E-state index in [2.05, 4.69) is 53.4 Å². The summed E-state index contributed by atoms with van der Waals surface area (Å²) < 4.78 is 0. The smallest absolute Gasteiger partial charge is 0.262 e. The Morgan fingerprint density at radius 1 is 0.782 bits per heavy atom. The molecule has 0 bridgehead atoms. The van der Waals surface area contributed by atoms with Gasteiger partial charge >= 0.3 is 0 Å². The summed E-state index contributed by atoms with van der Waals surface area (Å²) in [6.45, 7) is 11.5. The van der Waals surface area contributed by atoms with E-state index in [0.29, 0.717) is 40.3 Å². The number of hydrogen-bond acceptors (Lipinski definition) is 12. The Morgan fingerprint density at radius 3 is 2.36 bits per heavy atom. The summed E-state index contributed by atoms with van der Waals surface area (Å²) >= 11 is 0. The van der Waals surface area contributed by atoms with Crippen LogP contribution in [0.5, 0.6) is 5.75 Å². The monoisotopic (exact) mass is 747 g/mol. The van der Waals surface area contributed by atoms with Gasteiger partial charge in [0.1, 0.15) is 11.8 Å². The van der Waals surface area contributed by atoms with Gasteiger partial charge in [-0.25, -0.2) is 0 Å². The van der Waals surface area contributed by atoms with Gasteiger partial charge in [0, 0.05) is 69.5 Å². The Bertz CT molecular complexity index is 2020. The predicted molar refractivity (Wildman–Crippen MR) is 207 cm³/mol. The number of hydrogen-bond donors (Lipinski definition) is 3. The van der Waals surface area contributed by atoms with Crippen molar-refractivity contribution in [2.24, 2.45) is 11.8 Å². The largest absolute Gasteiger partial charge is 0.507 e. The van der Waals surface area contributed by atoms with E-state index >= 15 is 0 Å². The molecule has 6 aliphatic heterocycles. The normalized spacial score (nSPS) is 26.4. The molecule has 2 aromatic carbocycles. The van der Waals surface area contributed by atoms with Crippen LogP contribution in [0.1, 0.15) is 66.2 Å². The minimum atomic E-state index is -0.958. The van der Waals surface area contributed by atoms with E-state index in [4.69, 9.17) is 0 Å². The van der Waals surface area contributed by atoms with E-state index < -0.39 is 23.8 Å². The van der Waals surface area contributed by atoms with E-state index in [1.807, 2.05) is 30.3 Å². The van der Waals surface area contributed by atoms with Crippen molar-refractivity contribution in [3.8, 4) is 17.0 Å². The molecule has 0 saturated carbocycles. The lowest BCUT2D eigenvalue weighted by atomic mass is 9.89. The summed E-state index contributed by atoms with van der Waals surface area (Å²) in [5, 5.41) is 25.0. The van der Waals surface area contributed by atoms with Crippen molar-refractivity contribution in [1.82, 2.24) is 30.2 Å². The Balaban J connectivity index is 0.744. The van der Waals surface area contributed by atoms with E-state index in [1.54, 1.807) is 12.1 Å². The van der Waals surface area contributed by atoms with Crippen LogP contribution in [0, 0.1) is 11.8 Å². The average molecular weight is 748 g/mol. The van der Waals surface area contributed by atoms with Crippen molar-refractivity contribution < 1.29 is 24.3 Å². The molecule has 0 spiro atoms. The molecule has 4 amide bonds. The average Bonchev–Trinajstić information content (AvgIpc) is 3.43. The number of rotatable bonds is 7. The summed E-state index contributed by atoms with van der Waals surface area (Å²) in [4.78, 5) is 61.9. The first-order valence-corrected chi connectivity index (χ1v) is 19.9. The van der Waals surface area contributed by atoms with Crippen molar-refractivity contribution in [3.05, 3.63) is 59.7 Å². The first-order chi connectivity index (χ1) is 26.7. The van der Waals surface area contributed by atoms with E-state index in [9.17, 15) is 24.3 Å². The van der Waals surface area contributed by atoms with Crippen LogP contribution in [0.25, 0.3) is 11.3 Å². The van der Waals surface area contributed by atoms with Crippen molar-refractivity contribution in [2.75, 3.05) is 74.0 Å². The van der Waals surface area contributed by atoms with Crippen molar-refractivity contribution in [1.29, 1.82) is 0 Å². The number of likely N-dealkylation sites (tertiary alicyclic amines) is 1. The first-order valence-electron chi connectivity index (χ1n) is 19.9. The molecule has 0 radical (unpaired) electrons. The minimum absolute atomic E-state index is 0.105. The summed E-state index contributed by atoms with van der Waals surface area (Å²) in [7, 11) is 0. The molecule has 4 fully saturated rings. The van der Waals surface area contributed by atoms with Crippen molar-refractivity contribution in [3.63, 3.8) is 0 Å². The van der Waals surface area contributed by atoms with Crippen LogP contribution in [-0.4, -0.2) is 131 Å². The third-order valence-electron chi connectivity index (χ3n) is 12.8. The van der Waals surface area contributed by atoms with Gasteiger partial charge in [0.25, 0.3) is 11.8 Å². The highest BCUT2D eigenvalue weighted by atomic mass is 16.3. The SMILES string of the molecule is C[C@@H]1C[C@H](CN2CCC(CN3CCN4c5cc(-c6ccccc6O)nnc5NC[C@H]4C3)CC2)CCN1c1ccc2c(c1)C(=O)N(C1CCC(=O)NC1=O)C2=O. The van der Waals surface area contributed by atoms with E-state index in [-0.39, 0.29) is 30.5 Å². The fourth-order valence-corrected chi connectivity index (χ4v) is 9.88. The van der Waals surface area contributed by atoms with Crippen LogP contribution in [0.15, 0.2) is 48.5 Å². The topological polar surface area (TPSA) is 155 Å². The summed E-state index contributed by atoms with van der Waals surface area (Å²) in [6, 6.07) is 14.5. The van der Waals surface area contributed by atoms with Crippen molar-refractivity contribution in [2.45, 2.75) is 63.6 Å². The third-order valence-corrected chi connectivity index (χ3v) is 12.8. The van der Waals surface area contributed by atoms with Gasteiger partial charge in [-0.05, 0) is 100 Å². The maximum absolute atomic E-state index is 13.4. The number of phenols is 1. The van der Waals surface area contributed by atoms with E-state index in [1.165, 1.54) is 12.8 Å². The van der Waals surface area contributed by atoms with Crippen molar-refractivity contribution >= 4 is 40.8 Å². The Morgan fingerprint density at radius 2 is 1.56 bits per heavy atom. The van der Waals surface area contributed by atoms with Gasteiger partial charge in [0.05, 0.1) is 28.6 Å². The summed E-state index contributed by atoms with van der Waals surface area (Å²) in [5.74, 6) is 0.431. The number of fused-ring (bicyclic) bond motifs is 4. The van der Waals surface area contributed by atoms with Gasteiger partial charge in [-0.1, -0.05) is 12.1 Å². The number of nitrogens with one attached hydrogen (secondary N) is 2. The van der Waals surface area contributed by atoms with Gasteiger partial charge in [0.15, 0.2) is 5.82 Å². The lowest BCUT2D eigenvalue weighted by molar-refractivity contribution is -0.136. The fraction of sp³-hybridized carbons (Fsp3) is 0.512. The second kappa shape index (κ2) is 14.5. The van der Waals surface area contributed by atoms with Gasteiger partial charge in [-0.3, -0.25) is 34.3 Å². The van der Waals surface area contributed by atoms with Gasteiger partial charge < -0.3 is 25.1 Å². The number of para-hydroxylation sites is 1. The van der Waals surface area contributed by atoms with Crippen LogP contribution < -0.4 is 20.4 Å². The van der Waals surface area contributed by atoms with Crippen LogP contribution in [-0.2, 0) is 9.59 Å². The molecule has 288 valence electrons. The Hall–Kier alpha value is -5.08. The second-order valence-corrected chi connectivity index (χ2v) is 16.3. The molecule has 9 rings (SSSR count). The number of aromatic hydroxyl groups is 1. The number of carbonyl (C=O) groups is 4. The lowest BCUT2D eigenvalue weighted by Crippen LogP contribution is -2.58. The quantitative estimate of drug-likeness (QED) is 0.304. The predicted octanol–water partition coefficient (Wildman–Crippen LogP) is 3.18. The standard InChI is InChI=1S/C41H49N9O5/c1-25-18-27(12-15-48(25)28-6-7-30-32(19-28)41(55)50(40(30)54)34-8-9-37(52)43-39(34)53)23-46-13-10-26(11-14-46)22-47-16-17-49-29(24-47)21-42-38-35(49)20-33(44-45-38)31-4-2-3-5-36(31)51/h2-7,19-20,25-27,29,34,51H,8-18,21-24H2,1H3,(H,42,45)(H,43,52,53)/t25-,27-,29+,34?/m1/s1. The maximum Gasteiger partial charge on any atom is 0.262 e. The summed E-state index contributed by atoms with van der Waals surface area (Å²) in [5.41, 5.74) is 4.03. The third kappa shape index (κ3) is 6.79. The molecule has 3 aromatic rings. The van der Waals surface area contributed by atoms with Gasteiger partial charge in [-0.15, -0.1) is 10.2 Å². The molecule has 14 nitrogen and oxygen atoms in total. The van der Waals surface area contributed by atoms with Crippen LogP contribution >= 0.6 is 0 Å². The number of piperidine rings is 3. The number of phenolic OH excluding ortho intramolecular Hbond substituents is 1. The molecule has 3 N–H and O–H groups in total. The molecule has 7 heterocycles. The second-order valence-electron chi connectivity index (χ2n) is 16.3. The Kier molecular flexibility index (Phi) is 9.41.